The van der Waals surface area contributed by atoms with E-state index in [-0.39, 0.29) is 5.92 Å². The third-order valence-electron chi connectivity index (χ3n) is 3.33. The van der Waals surface area contributed by atoms with Gasteiger partial charge in [-0.1, -0.05) is 54.4 Å². The number of aliphatic hydroxyl groups excluding tert-OH is 1. The zero-order valence-electron chi connectivity index (χ0n) is 10.7. The van der Waals surface area contributed by atoms with E-state index in [0.29, 0.717) is 10.0 Å². The van der Waals surface area contributed by atoms with Crippen LogP contribution in [0.15, 0.2) is 48.5 Å². The summed E-state index contributed by atoms with van der Waals surface area (Å²) in [5, 5.41) is 11.9. The van der Waals surface area contributed by atoms with Crippen molar-refractivity contribution in [3.05, 3.63) is 69.7 Å². The van der Waals surface area contributed by atoms with Gasteiger partial charge in [0.1, 0.15) is 0 Å². The number of aliphatic hydroxyl groups is 1. The molecule has 2 aromatic rings. The zero-order valence-corrected chi connectivity index (χ0v) is 12.2. The van der Waals surface area contributed by atoms with E-state index in [1.165, 1.54) is 0 Å². The van der Waals surface area contributed by atoms with Crippen molar-refractivity contribution in [2.75, 3.05) is 0 Å². The van der Waals surface area contributed by atoms with E-state index in [9.17, 15) is 5.11 Å². The topological polar surface area (TPSA) is 20.2 Å². The fourth-order valence-corrected chi connectivity index (χ4v) is 2.50. The quantitative estimate of drug-likeness (QED) is 0.819. The molecule has 1 N–H and O–H groups in total. The van der Waals surface area contributed by atoms with E-state index in [2.05, 4.69) is 6.92 Å². The molecule has 0 aliphatic carbocycles. The van der Waals surface area contributed by atoms with Crippen LogP contribution in [-0.2, 0) is 0 Å². The molecule has 0 heterocycles. The van der Waals surface area contributed by atoms with Crippen LogP contribution < -0.4 is 0 Å². The van der Waals surface area contributed by atoms with Crippen LogP contribution in [0.25, 0.3) is 0 Å². The highest BCUT2D eigenvalue weighted by Crippen LogP contribution is 2.34. The predicted octanol–water partition coefficient (Wildman–Crippen LogP) is 5.22. The molecule has 2 unspecified atom stereocenters. The normalized spacial score (nSPS) is 14.1. The first-order chi connectivity index (χ1) is 9.11. The van der Waals surface area contributed by atoms with Crippen LogP contribution >= 0.6 is 23.2 Å². The molecule has 2 aromatic carbocycles. The number of hydrogen-bond donors (Lipinski definition) is 1. The van der Waals surface area contributed by atoms with Crippen LogP contribution in [0.5, 0.6) is 0 Å². The van der Waals surface area contributed by atoms with Crippen LogP contribution in [0.3, 0.4) is 0 Å². The van der Waals surface area contributed by atoms with E-state index in [4.69, 9.17) is 23.2 Å². The number of rotatable bonds is 4. The first-order valence-corrected chi connectivity index (χ1v) is 7.06. The molecule has 0 aromatic heterocycles. The highest BCUT2D eigenvalue weighted by atomic mass is 35.5. The largest absolute Gasteiger partial charge is 0.388 e. The summed E-state index contributed by atoms with van der Waals surface area (Å²) in [7, 11) is 0. The lowest BCUT2D eigenvalue weighted by Gasteiger charge is -2.22. The number of benzene rings is 2. The Kier molecular flexibility index (Phi) is 4.87. The maximum Gasteiger partial charge on any atom is 0.0858 e. The summed E-state index contributed by atoms with van der Waals surface area (Å²) >= 11 is 11.8. The van der Waals surface area contributed by atoms with Crippen molar-refractivity contribution < 1.29 is 5.11 Å². The van der Waals surface area contributed by atoms with Gasteiger partial charge >= 0.3 is 0 Å². The minimum Gasteiger partial charge on any atom is -0.388 e. The van der Waals surface area contributed by atoms with Crippen LogP contribution in [0.4, 0.5) is 0 Å². The molecule has 2 rings (SSSR count). The Bertz CT molecular complexity index is 519. The summed E-state index contributed by atoms with van der Waals surface area (Å²) in [6, 6.07) is 15.0. The molecule has 19 heavy (non-hydrogen) atoms. The van der Waals surface area contributed by atoms with Crippen molar-refractivity contribution in [2.45, 2.75) is 25.4 Å². The molecule has 100 valence electrons. The van der Waals surface area contributed by atoms with Crippen LogP contribution in [0, 0.1) is 0 Å². The van der Waals surface area contributed by atoms with Crippen molar-refractivity contribution in [3.8, 4) is 0 Å². The van der Waals surface area contributed by atoms with Crippen molar-refractivity contribution in [1.29, 1.82) is 0 Å². The van der Waals surface area contributed by atoms with Gasteiger partial charge in [0.05, 0.1) is 6.10 Å². The Morgan fingerprint density at radius 3 is 1.68 bits per heavy atom. The van der Waals surface area contributed by atoms with Gasteiger partial charge in [-0.05, 0) is 41.8 Å². The van der Waals surface area contributed by atoms with Gasteiger partial charge in [-0.15, -0.1) is 0 Å². The van der Waals surface area contributed by atoms with Gasteiger partial charge in [-0.25, -0.2) is 0 Å². The highest BCUT2D eigenvalue weighted by Gasteiger charge is 2.20. The standard InChI is InChI=1S/C16H16Cl2O/c1-2-15(11-3-7-13(17)8-4-11)16(19)12-5-9-14(18)10-6-12/h3-10,15-16,19H,2H2,1H3. The predicted molar refractivity (Wildman–Crippen MR) is 80.9 cm³/mol. The Hall–Kier alpha value is -1.02. The molecule has 0 spiro atoms. The molecule has 0 aliphatic heterocycles. The Morgan fingerprint density at radius 1 is 0.842 bits per heavy atom. The van der Waals surface area contributed by atoms with Crippen LogP contribution in [0.2, 0.25) is 10.0 Å². The summed E-state index contributed by atoms with van der Waals surface area (Å²) in [5.74, 6) is 0.0541. The van der Waals surface area contributed by atoms with Crippen LogP contribution in [-0.4, -0.2) is 5.11 Å². The highest BCUT2D eigenvalue weighted by molar-refractivity contribution is 6.30. The Labute approximate surface area is 123 Å². The third kappa shape index (κ3) is 3.50. The molecule has 0 amide bonds. The van der Waals surface area contributed by atoms with Gasteiger partial charge in [0.15, 0.2) is 0 Å². The fraction of sp³-hybridized carbons (Fsp3) is 0.250. The summed E-state index contributed by atoms with van der Waals surface area (Å²) in [6.07, 6.45) is 0.314. The smallest absolute Gasteiger partial charge is 0.0858 e. The SMILES string of the molecule is CCC(c1ccc(Cl)cc1)C(O)c1ccc(Cl)cc1. The van der Waals surface area contributed by atoms with E-state index >= 15 is 0 Å². The van der Waals surface area contributed by atoms with Crippen molar-refractivity contribution in [3.63, 3.8) is 0 Å². The first-order valence-electron chi connectivity index (χ1n) is 6.30. The lowest BCUT2D eigenvalue weighted by molar-refractivity contribution is 0.142. The second kappa shape index (κ2) is 6.42. The van der Waals surface area contributed by atoms with Gasteiger partial charge < -0.3 is 5.11 Å². The molecule has 0 bridgehead atoms. The zero-order chi connectivity index (χ0) is 13.8. The number of halogens is 2. The lowest BCUT2D eigenvalue weighted by Crippen LogP contribution is -2.10. The molecular formula is C16H16Cl2O. The van der Waals surface area contributed by atoms with Gasteiger partial charge in [0.25, 0.3) is 0 Å². The molecule has 0 radical (unpaired) electrons. The van der Waals surface area contributed by atoms with Crippen molar-refractivity contribution in [2.24, 2.45) is 0 Å². The Balaban J connectivity index is 2.26. The third-order valence-corrected chi connectivity index (χ3v) is 3.83. The molecule has 0 aliphatic rings. The molecule has 0 saturated heterocycles. The molecule has 3 heteroatoms. The van der Waals surface area contributed by atoms with E-state index < -0.39 is 6.10 Å². The maximum absolute atomic E-state index is 10.5. The van der Waals surface area contributed by atoms with E-state index in [1.54, 1.807) is 12.1 Å². The van der Waals surface area contributed by atoms with Gasteiger partial charge in [-0.3, -0.25) is 0 Å². The molecule has 0 fully saturated rings. The van der Waals surface area contributed by atoms with Crippen LogP contribution in [0.1, 0.15) is 36.5 Å². The van der Waals surface area contributed by atoms with E-state index in [1.807, 2.05) is 36.4 Å². The van der Waals surface area contributed by atoms with Gasteiger partial charge in [0, 0.05) is 16.0 Å². The summed E-state index contributed by atoms with van der Waals surface area (Å²) in [6.45, 7) is 2.07. The summed E-state index contributed by atoms with van der Waals surface area (Å²) in [4.78, 5) is 0. The van der Waals surface area contributed by atoms with Gasteiger partial charge in [-0.2, -0.15) is 0 Å². The molecular weight excluding hydrogens is 279 g/mol. The lowest BCUT2D eigenvalue weighted by atomic mass is 9.87. The average molecular weight is 295 g/mol. The second-order valence-electron chi connectivity index (χ2n) is 4.56. The second-order valence-corrected chi connectivity index (χ2v) is 5.44. The first kappa shape index (κ1) is 14.4. The average Bonchev–Trinajstić information content (AvgIpc) is 2.42. The molecule has 1 nitrogen and oxygen atoms in total. The van der Waals surface area contributed by atoms with E-state index in [0.717, 1.165) is 17.5 Å². The fourth-order valence-electron chi connectivity index (χ4n) is 2.24. The number of hydrogen-bond acceptors (Lipinski definition) is 1. The molecule has 0 saturated carbocycles. The monoisotopic (exact) mass is 294 g/mol. The summed E-state index contributed by atoms with van der Waals surface area (Å²) in [5.41, 5.74) is 1.97. The maximum atomic E-state index is 10.5. The summed E-state index contributed by atoms with van der Waals surface area (Å²) < 4.78 is 0. The Morgan fingerprint density at radius 2 is 1.26 bits per heavy atom. The van der Waals surface area contributed by atoms with Gasteiger partial charge in [0.2, 0.25) is 0 Å². The minimum atomic E-state index is -0.538. The minimum absolute atomic E-state index is 0.0541. The van der Waals surface area contributed by atoms with Crippen molar-refractivity contribution >= 4 is 23.2 Å². The van der Waals surface area contributed by atoms with Crippen molar-refractivity contribution in [1.82, 2.24) is 0 Å². The molecule has 2 atom stereocenters.